The average Bonchev–Trinajstić information content (AvgIpc) is 2.45. The largest absolute Gasteiger partial charge is 0.480 e. The lowest BCUT2D eigenvalue weighted by molar-refractivity contribution is -0.144. The average molecular weight is 325 g/mol. The summed E-state index contributed by atoms with van der Waals surface area (Å²) >= 11 is 0. The third-order valence-corrected chi connectivity index (χ3v) is 5.07. The molecule has 1 fully saturated rings. The predicted octanol–water partition coefficient (Wildman–Crippen LogP) is 1.42. The zero-order valence-electron chi connectivity index (χ0n) is 12.5. The predicted molar refractivity (Wildman–Crippen MR) is 80.4 cm³/mol. The number of aliphatic carboxylic acids is 1. The van der Waals surface area contributed by atoms with Crippen LogP contribution in [0.1, 0.15) is 30.1 Å². The third-order valence-electron chi connectivity index (χ3n) is 3.94. The summed E-state index contributed by atoms with van der Waals surface area (Å²) in [5.41, 5.74) is 0.299. The van der Waals surface area contributed by atoms with E-state index >= 15 is 0 Å². The van der Waals surface area contributed by atoms with Crippen molar-refractivity contribution in [2.24, 2.45) is 5.92 Å². The van der Waals surface area contributed by atoms with E-state index in [4.69, 9.17) is 0 Å². The van der Waals surface area contributed by atoms with Crippen molar-refractivity contribution < 1.29 is 23.1 Å². The highest BCUT2D eigenvalue weighted by atomic mass is 32.2. The number of hydrogen-bond donors (Lipinski definition) is 1. The molecule has 2 unspecified atom stereocenters. The summed E-state index contributed by atoms with van der Waals surface area (Å²) in [6.45, 7) is 2.36. The van der Waals surface area contributed by atoms with Crippen LogP contribution in [-0.2, 0) is 14.6 Å². The molecule has 1 N–H and O–H groups in total. The maximum atomic E-state index is 12.5. The summed E-state index contributed by atoms with van der Waals surface area (Å²) in [6.07, 6.45) is 2.29. The van der Waals surface area contributed by atoms with Gasteiger partial charge in [0.2, 0.25) is 0 Å². The molecule has 0 saturated carbocycles. The Hall–Kier alpha value is -1.89. The summed E-state index contributed by atoms with van der Waals surface area (Å²) in [4.78, 5) is 25.3. The minimum atomic E-state index is -3.32. The van der Waals surface area contributed by atoms with Crippen LogP contribution in [-0.4, -0.2) is 49.1 Å². The molecule has 1 aromatic rings. The molecule has 1 heterocycles. The second kappa shape index (κ2) is 6.08. The Labute approximate surface area is 129 Å². The molecule has 1 aliphatic heterocycles. The second-order valence-electron chi connectivity index (χ2n) is 5.78. The van der Waals surface area contributed by atoms with Crippen molar-refractivity contribution in [2.75, 3.05) is 12.8 Å². The lowest BCUT2D eigenvalue weighted by Gasteiger charge is -2.36. The number of benzene rings is 1. The van der Waals surface area contributed by atoms with E-state index < -0.39 is 21.8 Å². The molecule has 0 bridgehead atoms. The third kappa shape index (κ3) is 3.47. The van der Waals surface area contributed by atoms with Gasteiger partial charge in [-0.3, -0.25) is 4.79 Å². The van der Waals surface area contributed by atoms with Crippen LogP contribution in [0.3, 0.4) is 0 Å². The van der Waals surface area contributed by atoms with Crippen molar-refractivity contribution in [3.05, 3.63) is 29.8 Å². The molecule has 2 rings (SSSR count). The van der Waals surface area contributed by atoms with Gasteiger partial charge in [0.15, 0.2) is 9.84 Å². The van der Waals surface area contributed by atoms with Crippen LogP contribution in [0.15, 0.2) is 29.2 Å². The normalized spacial score (nSPS) is 22.4. The van der Waals surface area contributed by atoms with Gasteiger partial charge in [-0.05, 0) is 43.0 Å². The summed E-state index contributed by atoms with van der Waals surface area (Å²) in [5, 5.41) is 9.30. The van der Waals surface area contributed by atoms with Gasteiger partial charge in [-0.15, -0.1) is 0 Å². The van der Waals surface area contributed by atoms with Crippen LogP contribution in [0.5, 0.6) is 0 Å². The smallest absolute Gasteiger partial charge is 0.326 e. The highest BCUT2D eigenvalue weighted by Gasteiger charge is 2.35. The van der Waals surface area contributed by atoms with Crippen molar-refractivity contribution in [3.63, 3.8) is 0 Å². The molecular weight excluding hydrogens is 306 g/mol. The Bertz CT molecular complexity index is 680. The highest BCUT2D eigenvalue weighted by molar-refractivity contribution is 7.90. The van der Waals surface area contributed by atoms with Gasteiger partial charge < -0.3 is 10.0 Å². The Morgan fingerprint density at radius 1 is 1.23 bits per heavy atom. The zero-order chi connectivity index (χ0) is 16.5. The minimum absolute atomic E-state index is 0.131. The first-order valence-electron chi connectivity index (χ1n) is 7.04. The maximum absolute atomic E-state index is 12.5. The van der Waals surface area contributed by atoms with Gasteiger partial charge >= 0.3 is 5.97 Å². The van der Waals surface area contributed by atoms with Crippen LogP contribution in [0.25, 0.3) is 0 Å². The van der Waals surface area contributed by atoms with Crippen molar-refractivity contribution in [1.82, 2.24) is 4.90 Å². The van der Waals surface area contributed by atoms with Crippen LogP contribution < -0.4 is 0 Å². The maximum Gasteiger partial charge on any atom is 0.326 e. The molecule has 1 aromatic carbocycles. The first kappa shape index (κ1) is 16.5. The molecule has 0 aliphatic carbocycles. The summed E-state index contributed by atoms with van der Waals surface area (Å²) in [7, 11) is -3.32. The highest BCUT2D eigenvalue weighted by Crippen LogP contribution is 2.24. The molecule has 0 spiro atoms. The number of hydrogen-bond acceptors (Lipinski definition) is 4. The molecule has 0 aromatic heterocycles. The molecule has 1 aliphatic rings. The van der Waals surface area contributed by atoms with Crippen molar-refractivity contribution >= 4 is 21.7 Å². The van der Waals surface area contributed by atoms with Crippen LogP contribution in [0, 0.1) is 5.92 Å². The molecule has 7 heteroatoms. The summed E-state index contributed by atoms with van der Waals surface area (Å²) in [6, 6.07) is 4.76. The first-order chi connectivity index (χ1) is 10.2. The van der Waals surface area contributed by atoms with Crippen molar-refractivity contribution in [3.8, 4) is 0 Å². The van der Waals surface area contributed by atoms with E-state index in [1.165, 1.54) is 29.2 Å². The van der Waals surface area contributed by atoms with E-state index in [9.17, 15) is 23.1 Å². The van der Waals surface area contributed by atoms with Gasteiger partial charge in [-0.2, -0.15) is 0 Å². The van der Waals surface area contributed by atoms with E-state index in [1.807, 2.05) is 6.92 Å². The van der Waals surface area contributed by atoms with E-state index in [0.29, 0.717) is 18.5 Å². The van der Waals surface area contributed by atoms with Gasteiger partial charge in [-0.1, -0.05) is 6.92 Å². The number of nitrogens with zero attached hydrogens (tertiary/aromatic N) is 1. The fourth-order valence-electron chi connectivity index (χ4n) is 2.63. The standard InChI is InChI=1S/C15H19NO5S/c1-10-7-8-16(13(9-10)15(18)19)14(17)11-3-5-12(6-4-11)22(2,20)21/h3-6,10,13H,7-9H2,1-2H3,(H,18,19). The molecule has 6 nitrogen and oxygen atoms in total. The molecule has 0 radical (unpaired) electrons. The Kier molecular flexibility index (Phi) is 4.55. The number of amides is 1. The lowest BCUT2D eigenvalue weighted by atomic mass is 9.92. The second-order valence-corrected chi connectivity index (χ2v) is 7.79. The Morgan fingerprint density at radius 3 is 2.32 bits per heavy atom. The molecule has 1 amide bonds. The molecule has 120 valence electrons. The number of carboxylic acids is 1. The van der Waals surface area contributed by atoms with Crippen LogP contribution in [0.2, 0.25) is 0 Å². The number of piperidine rings is 1. The molecule has 22 heavy (non-hydrogen) atoms. The van der Waals surface area contributed by atoms with Gasteiger partial charge in [-0.25, -0.2) is 13.2 Å². The number of rotatable bonds is 3. The number of carbonyl (C=O) groups is 2. The number of carbonyl (C=O) groups excluding carboxylic acids is 1. The first-order valence-corrected chi connectivity index (χ1v) is 8.93. The van der Waals surface area contributed by atoms with Gasteiger partial charge in [0.1, 0.15) is 6.04 Å². The van der Waals surface area contributed by atoms with E-state index in [0.717, 1.165) is 12.7 Å². The molecule has 1 saturated heterocycles. The SMILES string of the molecule is CC1CCN(C(=O)c2ccc(S(C)(=O)=O)cc2)C(C(=O)O)C1. The quantitative estimate of drug-likeness (QED) is 0.907. The van der Waals surface area contributed by atoms with Crippen molar-refractivity contribution in [1.29, 1.82) is 0 Å². The van der Waals surface area contributed by atoms with Gasteiger partial charge in [0.25, 0.3) is 5.91 Å². The topological polar surface area (TPSA) is 91.8 Å². The van der Waals surface area contributed by atoms with Gasteiger partial charge in [0.05, 0.1) is 4.90 Å². The van der Waals surface area contributed by atoms with E-state index in [1.54, 1.807) is 0 Å². The van der Waals surface area contributed by atoms with E-state index in [-0.39, 0.29) is 16.7 Å². The minimum Gasteiger partial charge on any atom is -0.480 e. The number of likely N-dealkylation sites (tertiary alicyclic amines) is 1. The fraction of sp³-hybridized carbons (Fsp3) is 0.467. The van der Waals surface area contributed by atoms with Crippen LogP contribution in [0.4, 0.5) is 0 Å². The van der Waals surface area contributed by atoms with Gasteiger partial charge in [0, 0.05) is 18.4 Å². The Balaban J connectivity index is 2.25. The lowest BCUT2D eigenvalue weighted by Crippen LogP contribution is -2.49. The fourth-order valence-corrected chi connectivity index (χ4v) is 3.26. The van der Waals surface area contributed by atoms with Crippen molar-refractivity contribution in [2.45, 2.75) is 30.7 Å². The van der Waals surface area contributed by atoms with E-state index in [2.05, 4.69) is 0 Å². The molecule has 2 atom stereocenters. The number of carboxylic acid groups (broad SMARTS) is 1. The summed E-state index contributed by atoms with van der Waals surface area (Å²) in [5.74, 6) is -1.12. The monoisotopic (exact) mass is 325 g/mol. The van der Waals surface area contributed by atoms with Crippen LogP contribution >= 0.6 is 0 Å². The number of sulfone groups is 1. The molecular formula is C15H19NO5S. The Morgan fingerprint density at radius 2 is 1.82 bits per heavy atom. The zero-order valence-corrected chi connectivity index (χ0v) is 13.3. The summed E-state index contributed by atoms with van der Waals surface area (Å²) < 4.78 is 22.8.